The van der Waals surface area contributed by atoms with Crippen LogP contribution in [0.25, 0.3) is 0 Å². The maximum absolute atomic E-state index is 13.4. The maximum atomic E-state index is 13.4. The predicted octanol–water partition coefficient (Wildman–Crippen LogP) is 2.00. The Morgan fingerprint density at radius 2 is 1.86 bits per heavy atom. The van der Waals surface area contributed by atoms with Gasteiger partial charge in [-0.25, -0.2) is 4.79 Å². The van der Waals surface area contributed by atoms with E-state index in [9.17, 15) is 19.2 Å². The third-order valence-electron chi connectivity index (χ3n) is 8.66. The molecule has 12 heteroatoms. The number of rotatable bonds is 4. The summed E-state index contributed by atoms with van der Waals surface area (Å²) in [7, 11) is 3.30. The number of nitrogens with one attached hydrogen (secondary N) is 1. The molecule has 5 aliphatic rings. The van der Waals surface area contributed by atoms with E-state index in [0.29, 0.717) is 36.8 Å². The van der Waals surface area contributed by atoms with Gasteiger partial charge < -0.3 is 39.1 Å². The highest BCUT2D eigenvalue weighted by molar-refractivity contribution is 5.87. The van der Waals surface area contributed by atoms with E-state index in [0.717, 1.165) is 24.0 Å². The van der Waals surface area contributed by atoms with Crippen molar-refractivity contribution in [2.24, 2.45) is 0 Å². The van der Waals surface area contributed by atoms with Crippen LogP contribution in [-0.4, -0.2) is 115 Å². The van der Waals surface area contributed by atoms with Crippen molar-refractivity contribution < 1.29 is 33.4 Å². The van der Waals surface area contributed by atoms with E-state index in [2.05, 4.69) is 5.32 Å². The van der Waals surface area contributed by atoms with E-state index in [1.165, 1.54) is 4.90 Å². The number of likely N-dealkylation sites (N-methyl/N-ethyl adjacent to an activating group) is 1. The Balaban J connectivity index is 1.23. The number of fused-ring (bicyclic) bond motifs is 9. The number of hydrogen-bond donors (Lipinski definition) is 1. The number of ether oxygens (including phenoxy) is 3. The summed E-state index contributed by atoms with van der Waals surface area (Å²) in [6, 6.07) is 12.6. The highest BCUT2D eigenvalue weighted by atomic mass is 16.5. The lowest BCUT2D eigenvalue weighted by Crippen LogP contribution is -2.49. The number of urea groups is 1. The summed E-state index contributed by atoms with van der Waals surface area (Å²) in [5, 5.41) is 3.06. The molecule has 5 amide bonds. The number of aryl methyl sites for hydroxylation is 1. The number of nitrogens with zero attached hydrogens (tertiary/aromatic N) is 4. The zero-order valence-corrected chi connectivity index (χ0v) is 25.2. The average molecular weight is 606 g/mol. The van der Waals surface area contributed by atoms with Gasteiger partial charge in [-0.1, -0.05) is 18.2 Å². The van der Waals surface area contributed by atoms with Gasteiger partial charge in [-0.3, -0.25) is 14.4 Å². The first-order chi connectivity index (χ1) is 21.3. The lowest BCUT2D eigenvalue weighted by Gasteiger charge is -2.25. The van der Waals surface area contributed by atoms with Gasteiger partial charge >= 0.3 is 6.03 Å². The lowest BCUT2D eigenvalue weighted by molar-refractivity contribution is -0.137. The van der Waals surface area contributed by atoms with Crippen molar-refractivity contribution in [3.8, 4) is 17.2 Å². The Hall–Kier alpha value is -4.32. The van der Waals surface area contributed by atoms with Crippen molar-refractivity contribution in [1.29, 1.82) is 0 Å². The van der Waals surface area contributed by atoms with Crippen LogP contribution in [0.15, 0.2) is 42.5 Å². The van der Waals surface area contributed by atoms with Gasteiger partial charge in [0.25, 0.3) is 0 Å². The van der Waals surface area contributed by atoms with Crippen molar-refractivity contribution in [2.45, 2.75) is 50.5 Å². The minimum Gasteiger partial charge on any atom is -0.493 e. The van der Waals surface area contributed by atoms with Crippen LogP contribution < -0.4 is 14.8 Å². The van der Waals surface area contributed by atoms with Crippen LogP contribution >= 0.6 is 0 Å². The maximum Gasteiger partial charge on any atom is 0.320 e. The molecular weight excluding hydrogens is 566 g/mol. The Morgan fingerprint density at radius 3 is 2.61 bits per heavy atom. The van der Waals surface area contributed by atoms with Gasteiger partial charge in [-0.15, -0.1) is 0 Å². The van der Waals surface area contributed by atoms with Crippen molar-refractivity contribution >= 4 is 23.8 Å². The summed E-state index contributed by atoms with van der Waals surface area (Å²) in [6.07, 6.45) is 2.03. The SMILES string of the molecule is COc1cc2ccc1Oc1cccc(c1)CO[C@H]1CN(C(=O)CN3CCN(C)C3=O)C[C@@H]1NC(=O)CN(C1CC1)C(=O)CC2. The molecule has 12 nitrogen and oxygen atoms in total. The molecule has 44 heavy (non-hydrogen) atoms. The molecule has 4 heterocycles. The second-order valence-corrected chi connectivity index (χ2v) is 11.9. The third kappa shape index (κ3) is 6.75. The van der Waals surface area contributed by atoms with Gasteiger partial charge in [-0.2, -0.15) is 0 Å². The summed E-state index contributed by atoms with van der Waals surface area (Å²) >= 11 is 0. The quantitative estimate of drug-likeness (QED) is 0.566. The van der Waals surface area contributed by atoms with E-state index in [1.807, 2.05) is 42.5 Å². The largest absolute Gasteiger partial charge is 0.493 e. The molecule has 2 aromatic rings. The molecule has 1 aliphatic carbocycles. The third-order valence-corrected chi connectivity index (χ3v) is 8.66. The molecule has 7 rings (SSSR count). The van der Waals surface area contributed by atoms with Gasteiger partial charge in [0.15, 0.2) is 11.5 Å². The van der Waals surface area contributed by atoms with Gasteiger partial charge in [0.2, 0.25) is 17.7 Å². The first-order valence-electron chi connectivity index (χ1n) is 15.2. The van der Waals surface area contributed by atoms with Crippen molar-refractivity contribution in [3.63, 3.8) is 0 Å². The van der Waals surface area contributed by atoms with E-state index >= 15 is 0 Å². The normalized spacial score (nSPS) is 23.1. The van der Waals surface area contributed by atoms with E-state index in [-0.39, 0.29) is 69.0 Å². The number of amides is 5. The second kappa shape index (κ2) is 12.7. The molecule has 2 atom stereocenters. The van der Waals surface area contributed by atoms with E-state index < -0.39 is 12.1 Å². The van der Waals surface area contributed by atoms with Crippen molar-refractivity contribution in [3.05, 3.63) is 53.6 Å². The number of likely N-dealkylation sites (tertiary alicyclic amines) is 1. The average Bonchev–Trinajstić information content (AvgIpc) is 3.71. The monoisotopic (exact) mass is 605 g/mol. The van der Waals surface area contributed by atoms with Crippen LogP contribution in [0.2, 0.25) is 0 Å². The van der Waals surface area contributed by atoms with E-state index in [1.54, 1.807) is 28.9 Å². The molecule has 1 N–H and O–H groups in total. The Morgan fingerprint density at radius 1 is 1.02 bits per heavy atom. The Kier molecular flexibility index (Phi) is 8.60. The zero-order valence-electron chi connectivity index (χ0n) is 25.2. The highest BCUT2D eigenvalue weighted by Gasteiger charge is 2.40. The van der Waals surface area contributed by atoms with Gasteiger partial charge in [0, 0.05) is 45.7 Å². The molecule has 4 aliphatic heterocycles. The number of carbonyl (C=O) groups excluding carboxylic acids is 4. The van der Waals surface area contributed by atoms with Gasteiger partial charge in [0.1, 0.15) is 12.3 Å². The molecule has 3 fully saturated rings. The number of carbonyl (C=O) groups is 4. The lowest BCUT2D eigenvalue weighted by atomic mass is 10.1. The van der Waals surface area contributed by atoms with Crippen molar-refractivity contribution in [1.82, 2.24) is 24.9 Å². The molecule has 0 spiro atoms. The topological polar surface area (TPSA) is 121 Å². The first kappa shape index (κ1) is 29.7. The van der Waals surface area contributed by atoms with Crippen LogP contribution in [0.5, 0.6) is 17.2 Å². The minimum atomic E-state index is -0.482. The number of benzene rings is 2. The highest BCUT2D eigenvalue weighted by Crippen LogP contribution is 2.34. The summed E-state index contributed by atoms with van der Waals surface area (Å²) in [5.41, 5.74) is 1.80. The van der Waals surface area contributed by atoms with Crippen LogP contribution in [0.1, 0.15) is 30.4 Å². The fourth-order valence-corrected chi connectivity index (χ4v) is 5.99. The molecular formula is C32H39N5O7. The summed E-state index contributed by atoms with van der Waals surface area (Å²) in [5.74, 6) is 1.17. The second-order valence-electron chi connectivity index (χ2n) is 11.9. The predicted molar refractivity (Wildman–Crippen MR) is 159 cm³/mol. The smallest absolute Gasteiger partial charge is 0.320 e. The molecule has 0 aromatic heterocycles. The molecule has 1 saturated carbocycles. The first-order valence-corrected chi connectivity index (χ1v) is 15.2. The van der Waals surface area contributed by atoms with Crippen LogP contribution in [0, 0.1) is 0 Å². The molecule has 2 saturated heterocycles. The molecule has 4 bridgehead atoms. The summed E-state index contributed by atoms with van der Waals surface area (Å²) in [6.45, 7) is 1.75. The van der Waals surface area contributed by atoms with Crippen LogP contribution in [-0.2, 0) is 32.1 Å². The fourth-order valence-electron chi connectivity index (χ4n) is 5.99. The fraction of sp³-hybridized carbons (Fsp3) is 0.500. The van der Waals surface area contributed by atoms with Gasteiger partial charge in [0.05, 0.1) is 32.4 Å². The number of methoxy groups -OCH3 is 1. The minimum absolute atomic E-state index is 0.0237. The number of hydrogen-bond acceptors (Lipinski definition) is 7. The molecule has 234 valence electrons. The summed E-state index contributed by atoms with van der Waals surface area (Å²) < 4.78 is 18.1. The molecule has 0 radical (unpaired) electrons. The van der Waals surface area contributed by atoms with Crippen LogP contribution in [0.3, 0.4) is 0 Å². The van der Waals surface area contributed by atoms with E-state index in [4.69, 9.17) is 14.2 Å². The summed E-state index contributed by atoms with van der Waals surface area (Å²) in [4.78, 5) is 58.7. The Bertz CT molecular complexity index is 1430. The Labute approximate surface area is 256 Å². The van der Waals surface area contributed by atoms with Crippen molar-refractivity contribution in [2.75, 3.05) is 53.4 Å². The van der Waals surface area contributed by atoms with Crippen LogP contribution in [0.4, 0.5) is 4.79 Å². The molecule has 2 aromatic carbocycles. The zero-order chi connectivity index (χ0) is 30.8. The van der Waals surface area contributed by atoms with Gasteiger partial charge in [-0.05, 0) is 54.7 Å². The standard InChI is InChI=1S/C32H39N5O7/c1-34-12-13-35(32(34)41)19-31(40)36-16-25-28(17-36)43-20-22-4-3-5-24(14-22)44-26-10-6-21(15-27(26)42-2)7-11-30(39)37(23-8-9-23)18-29(38)33-25/h3-6,10,14-15,23,25,28H,7-9,11-13,16-20H2,1-2H3,(H,33,38)/t25-,28-/m0/s1. The molecule has 0 unspecified atom stereocenters.